The highest BCUT2D eigenvalue weighted by atomic mass is 19.1. The number of aromatic nitrogens is 4. The van der Waals surface area contributed by atoms with E-state index in [1.54, 1.807) is 6.20 Å². The maximum Gasteiger partial charge on any atom is 0.153 e. The summed E-state index contributed by atoms with van der Waals surface area (Å²) >= 11 is 0. The molecule has 5 N–H and O–H groups in total. The number of aryl methyl sites for hydroxylation is 1. The van der Waals surface area contributed by atoms with Crippen LogP contribution in [0.2, 0.25) is 0 Å². The van der Waals surface area contributed by atoms with E-state index in [1.807, 2.05) is 18.2 Å². The normalized spacial score (nSPS) is 20.4. The van der Waals surface area contributed by atoms with Crippen molar-refractivity contribution >= 4 is 33.3 Å². The monoisotopic (exact) mass is 426 g/mol. The minimum Gasteiger partial charge on any atom is -0.382 e. The molecule has 160 valence electrons. The molecular weight excluding hydrogens is 403 g/mol. The van der Waals surface area contributed by atoms with Crippen LogP contribution in [0.15, 0.2) is 54.7 Å². The van der Waals surface area contributed by atoms with Crippen LogP contribution in [-0.2, 0) is 5.41 Å². The summed E-state index contributed by atoms with van der Waals surface area (Å²) < 4.78 is 15.4. The summed E-state index contributed by atoms with van der Waals surface area (Å²) in [4.78, 5) is 0. The lowest BCUT2D eigenvalue weighted by molar-refractivity contribution is 0.456. The van der Waals surface area contributed by atoms with Crippen LogP contribution in [0.3, 0.4) is 0 Å². The summed E-state index contributed by atoms with van der Waals surface area (Å²) in [7, 11) is 0. The van der Waals surface area contributed by atoms with Crippen LogP contribution in [0, 0.1) is 12.7 Å². The Balaban J connectivity index is 1.59. The lowest BCUT2D eigenvalue weighted by Crippen LogP contribution is -2.35. The van der Waals surface area contributed by atoms with Gasteiger partial charge in [-0.25, -0.2) is 4.39 Å². The van der Waals surface area contributed by atoms with Crippen molar-refractivity contribution in [3.05, 3.63) is 82.8 Å². The summed E-state index contributed by atoms with van der Waals surface area (Å²) in [5.41, 5.74) is 12.0. The number of nitrogens with zero attached hydrogens (tertiary/aromatic N) is 2. The number of nitrogen functional groups attached to an aromatic ring is 1. The fourth-order valence-electron chi connectivity index (χ4n) is 5.16. The molecular formula is C25H23FN6. The first-order chi connectivity index (χ1) is 15.4. The van der Waals surface area contributed by atoms with Gasteiger partial charge in [-0.05, 0) is 42.2 Å². The smallest absolute Gasteiger partial charge is 0.153 e. The lowest BCUT2D eigenvalue weighted by Gasteiger charge is -2.42. The van der Waals surface area contributed by atoms with Gasteiger partial charge in [0.2, 0.25) is 0 Å². The number of rotatable bonds is 2. The number of anilines is 2. The summed E-state index contributed by atoms with van der Waals surface area (Å²) in [6.07, 6.45) is 2.54. The lowest BCUT2D eigenvalue weighted by atomic mass is 9.67. The molecule has 2 atom stereocenters. The van der Waals surface area contributed by atoms with Crippen LogP contribution in [0.5, 0.6) is 0 Å². The molecule has 7 heteroatoms. The van der Waals surface area contributed by atoms with E-state index in [4.69, 9.17) is 5.73 Å². The van der Waals surface area contributed by atoms with E-state index in [0.29, 0.717) is 17.0 Å². The Morgan fingerprint density at radius 2 is 1.84 bits per heavy atom. The molecule has 0 fully saturated rings. The molecule has 5 aromatic rings. The SMILES string of the molecule is Cc1ccc([C@@]2(C)C[C@H](c3ccc4[nH]nc(N)c4c3)Nc3c(F)cc4[nH]ncc4c32)cc1. The van der Waals surface area contributed by atoms with Gasteiger partial charge in [0.1, 0.15) is 5.82 Å². The van der Waals surface area contributed by atoms with Crippen LogP contribution < -0.4 is 11.1 Å². The summed E-state index contributed by atoms with van der Waals surface area (Å²) in [6.45, 7) is 4.27. The maximum absolute atomic E-state index is 15.4. The first-order valence-corrected chi connectivity index (χ1v) is 10.7. The number of aromatic amines is 2. The molecule has 0 amide bonds. The van der Waals surface area contributed by atoms with Crippen LogP contribution in [0.1, 0.15) is 41.6 Å². The minimum atomic E-state index is -0.430. The van der Waals surface area contributed by atoms with Gasteiger partial charge in [-0.3, -0.25) is 10.2 Å². The Morgan fingerprint density at radius 1 is 1.03 bits per heavy atom. The molecule has 2 aromatic heterocycles. The number of halogens is 1. The third-order valence-electron chi connectivity index (χ3n) is 6.89. The van der Waals surface area contributed by atoms with E-state index in [-0.39, 0.29) is 11.9 Å². The van der Waals surface area contributed by atoms with E-state index in [9.17, 15) is 0 Å². The minimum absolute atomic E-state index is 0.105. The fourth-order valence-corrected chi connectivity index (χ4v) is 5.16. The van der Waals surface area contributed by atoms with Gasteiger partial charge in [-0.1, -0.05) is 42.8 Å². The van der Waals surface area contributed by atoms with Gasteiger partial charge in [0, 0.05) is 22.3 Å². The summed E-state index contributed by atoms with van der Waals surface area (Å²) in [5.74, 6) is 0.175. The number of nitrogens with one attached hydrogen (secondary N) is 3. The van der Waals surface area contributed by atoms with E-state index in [1.165, 1.54) is 11.6 Å². The van der Waals surface area contributed by atoms with E-state index in [2.05, 4.69) is 63.8 Å². The van der Waals surface area contributed by atoms with Gasteiger partial charge >= 0.3 is 0 Å². The first-order valence-electron chi connectivity index (χ1n) is 10.7. The molecule has 0 radical (unpaired) electrons. The fraction of sp³-hybridized carbons (Fsp3) is 0.200. The molecule has 0 aliphatic carbocycles. The third-order valence-corrected chi connectivity index (χ3v) is 6.89. The van der Waals surface area contributed by atoms with Gasteiger partial charge in [0.15, 0.2) is 5.82 Å². The number of hydrogen-bond donors (Lipinski definition) is 4. The van der Waals surface area contributed by atoms with Crippen molar-refractivity contribution < 1.29 is 4.39 Å². The van der Waals surface area contributed by atoms with Crippen LogP contribution in [-0.4, -0.2) is 20.4 Å². The van der Waals surface area contributed by atoms with Crippen LogP contribution in [0.25, 0.3) is 21.8 Å². The average molecular weight is 426 g/mol. The zero-order valence-corrected chi connectivity index (χ0v) is 17.8. The van der Waals surface area contributed by atoms with Crippen LogP contribution >= 0.6 is 0 Å². The molecule has 0 saturated carbocycles. The maximum atomic E-state index is 15.4. The first kappa shape index (κ1) is 18.9. The summed E-state index contributed by atoms with van der Waals surface area (Å²) in [5, 5.41) is 19.5. The number of nitrogens with two attached hydrogens (primary N) is 1. The number of benzene rings is 3. The molecule has 0 spiro atoms. The van der Waals surface area contributed by atoms with Crippen molar-refractivity contribution in [2.75, 3.05) is 11.1 Å². The Kier molecular flexibility index (Phi) is 3.87. The Morgan fingerprint density at radius 3 is 2.66 bits per heavy atom. The van der Waals surface area contributed by atoms with Crippen molar-refractivity contribution in [3.8, 4) is 0 Å². The molecule has 0 bridgehead atoms. The second-order valence-electron chi connectivity index (χ2n) is 8.95. The Labute approximate surface area is 184 Å². The van der Waals surface area contributed by atoms with Gasteiger partial charge in [0.05, 0.1) is 29.0 Å². The number of fused-ring (bicyclic) bond motifs is 4. The predicted octanol–water partition coefficient (Wildman–Crippen LogP) is 5.33. The van der Waals surface area contributed by atoms with Crippen molar-refractivity contribution in [3.63, 3.8) is 0 Å². The van der Waals surface area contributed by atoms with E-state index >= 15 is 4.39 Å². The molecule has 1 aliphatic heterocycles. The van der Waals surface area contributed by atoms with Gasteiger partial charge < -0.3 is 11.1 Å². The standard InChI is InChI=1S/C25H23FN6/c1-13-3-6-15(7-4-13)25(2)11-21(14-5-8-19-16(9-14)24(27)32-31-19)29-23-18(26)10-20-17(22(23)25)12-28-30-20/h3-10,12,21,29H,11H2,1-2H3,(H,28,30)(H3,27,31,32)/t21-,25-/m1/s1. The Bertz CT molecular complexity index is 1480. The zero-order valence-electron chi connectivity index (χ0n) is 17.8. The molecule has 3 heterocycles. The molecule has 3 aromatic carbocycles. The van der Waals surface area contributed by atoms with Gasteiger partial charge in [0.25, 0.3) is 0 Å². The molecule has 0 unspecified atom stereocenters. The number of H-pyrrole nitrogens is 2. The highest BCUT2D eigenvalue weighted by Crippen LogP contribution is 2.51. The molecule has 32 heavy (non-hydrogen) atoms. The number of hydrogen-bond acceptors (Lipinski definition) is 4. The average Bonchev–Trinajstić information content (AvgIpc) is 3.40. The van der Waals surface area contributed by atoms with Crippen molar-refractivity contribution in [1.82, 2.24) is 20.4 Å². The third kappa shape index (κ3) is 2.64. The summed E-state index contributed by atoms with van der Waals surface area (Å²) in [6, 6.07) is 16.0. The quantitative estimate of drug-likeness (QED) is 0.307. The topological polar surface area (TPSA) is 95.4 Å². The molecule has 0 saturated heterocycles. The van der Waals surface area contributed by atoms with Crippen molar-refractivity contribution in [2.45, 2.75) is 31.7 Å². The Hall–Kier alpha value is -3.87. The second kappa shape index (κ2) is 6.56. The van der Waals surface area contributed by atoms with Crippen LogP contribution in [0.4, 0.5) is 15.9 Å². The van der Waals surface area contributed by atoms with Gasteiger partial charge in [-0.15, -0.1) is 0 Å². The predicted molar refractivity (Wildman–Crippen MR) is 125 cm³/mol. The molecule has 6 rings (SSSR count). The second-order valence-corrected chi connectivity index (χ2v) is 8.95. The largest absolute Gasteiger partial charge is 0.382 e. The molecule has 6 nitrogen and oxygen atoms in total. The molecule has 1 aliphatic rings. The van der Waals surface area contributed by atoms with E-state index < -0.39 is 5.41 Å². The van der Waals surface area contributed by atoms with Crippen molar-refractivity contribution in [2.24, 2.45) is 0 Å². The van der Waals surface area contributed by atoms with Gasteiger partial charge in [-0.2, -0.15) is 10.2 Å². The zero-order chi connectivity index (χ0) is 22.0. The van der Waals surface area contributed by atoms with Crippen molar-refractivity contribution in [1.29, 1.82) is 0 Å². The van der Waals surface area contributed by atoms with E-state index in [0.717, 1.165) is 39.4 Å². The highest BCUT2D eigenvalue weighted by molar-refractivity contribution is 5.91. The highest BCUT2D eigenvalue weighted by Gasteiger charge is 2.41.